The predicted octanol–water partition coefficient (Wildman–Crippen LogP) is 4.99. The molecule has 1 aliphatic heterocycles. The number of aromatic nitrogens is 1. The number of rotatable bonds is 3. The van der Waals surface area contributed by atoms with Crippen LogP contribution in [0.4, 0.5) is 0 Å². The van der Waals surface area contributed by atoms with Crippen LogP contribution in [0.15, 0.2) is 42.6 Å². The zero-order valence-electron chi connectivity index (χ0n) is 12.6. The second-order valence-electron chi connectivity index (χ2n) is 5.40. The highest BCUT2D eigenvalue weighted by molar-refractivity contribution is 6.35. The molecule has 1 aliphatic rings. The maximum atomic E-state index is 6.21. The first-order chi connectivity index (χ1) is 11.7. The first-order valence-electron chi connectivity index (χ1n) is 7.40. The van der Waals surface area contributed by atoms with Gasteiger partial charge < -0.3 is 14.2 Å². The van der Waals surface area contributed by atoms with Gasteiger partial charge in [-0.1, -0.05) is 23.2 Å². The molecule has 2 heterocycles. The van der Waals surface area contributed by atoms with Crippen molar-refractivity contribution in [1.29, 1.82) is 0 Å². The van der Waals surface area contributed by atoms with E-state index in [2.05, 4.69) is 4.98 Å². The summed E-state index contributed by atoms with van der Waals surface area (Å²) in [5.74, 6) is 1.44. The highest BCUT2D eigenvalue weighted by atomic mass is 35.5. The molecule has 3 aromatic rings. The molecule has 6 heteroatoms. The van der Waals surface area contributed by atoms with Crippen LogP contribution in [0.1, 0.15) is 11.1 Å². The maximum absolute atomic E-state index is 6.21. The van der Waals surface area contributed by atoms with Crippen molar-refractivity contribution >= 4 is 34.1 Å². The first kappa shape index (κ1) is 15.5. The van der Waals surface area contributed by atoms with Gasteiger partial charge in [0.25, 0.3) is 0 Å². The Hall–Kier alpha value is -2.01. The lowest BCUT2D eigenvalue weighted by Gasteiger charge is -2.21. The molecule has 1 aromatic heterocycles. The molecule has 4 nitrogen and oxygen atoms in total. The molecule has 0 bridgehead atoms. The van der Waals surface area contributed by atoms with Crippen LogP contribution in [0.25, 0.3) is 10.9 Å². The summed E-state index contributed by atoms with van der Waals surface area (Å²) in [6.45, 7) is 1.03. The molecule has 0 radical (unpaired) electrons. The van der Waals surface area contributed by atoms with Crippen molar-refractivity contribution in [1.82, 2.24) is 4.98 Å². The molecule has 24 heavy (non-hydrogen) atoms. The Morgan fingerprint density at radius 2 is 2.08 bits per heavy atom. The molecule has 0 atom stereocenters. The highest BCUT2D eigenvalue weighted by Crippen LogP contribution is 2.34. The van der Waals surface area contributed by atoms with Crippen molar-refractivity contribution in [2.45, 2.75) is 13.2 Å². The molecule has 0 N–H and O–H groups in total. The van der Waals surface area contributed by atoms with Crippen LogP contribution in [0.2, 0.25) is 10.0 Å². The number of hydrogen-bond donors (Lipinski definition) is 0. The number of fused-ring (bicyclic) bond motifs is 2. The van der Waals surface area contributed by atoms with Gasteiger partial charge in [0.2, 0.25) is 0 Å². The van der Waals surface area contributed by atoms with Crippen LogP contribution in [-0.4, -0.2) is 11.8 Å². The van der Waals surface area contributed by atoms with E-state index in [1.165, 1.54) is 0 Å². The zero-order chi connectivity index (χ0) is 16.5. The van der Waals surface area contributed by atoms with Gasteiger partial charge in [0, 0.05) is 27.7 Å². The fourth-order valence-electron chi connectivity index (χ4n) is 2.75. The average molecular weight is 362 g/mol. The molecule has 0 amide bonds. The lowest BCUT2D eigenvalue weighted by atomic mass is 10.1. The summed E-state index contributed by atoms with van der Waals surface area (Å²) in [4.78, 5) is 4.37. The van der Waals surface area contributed by atoms with Crippen molar-refractivity contribution in [3.63, 3.8) is 0 Å². The van der Waals surface area contributed by atoms with Gasteiger partial charge in [-0.2, -0.15) is 0 Å². The zero-order valence-corrected chi connectivity index (χ0v) is 14.1. The van der Waals surface area contributed by atoms with Crippen LogP contribution in [0, 0.1) is 0 Å². The summed E-state index contributed by atoms with van der Waals surface area (Å²) >= 11 is 12.4. The van der Waals surface area contributed by atoms with Crippen molar-refractivity contribution in [2.75, 3.05) is 6.79 Å². The van der Waals surface area contributed by atoms with Crippen molar-refractivity contribution < 1.29 is 14.2 Å². The van der Waals surface area contributed by atoms with E-state index >= 15 is 0 Å². The second-order valence-corrected chi connectivity index (χ2v) is 6.24. The van der Waals surface area contributed by atoms with E-state index in [0.29, 0.717) is 29.0 Å². The van der Waals surface area contributed by atoms with Crippen molar-refractivity contribution in [3.05, 3.63) is 63.8 Å². The molecule has 122 valence electrons. The summed E-state index contributed by atoms with van der Waals surface area (Å²) in [5, 5.41) is 2.13. The Morgan fingerprint density at radius 1 is 1.17 bits per heavy atom. The molecule has 0 aliphatic carbocycles. The molecule has 0 saturated heterocycles. The first-order valence-corrected chi connectivity index (χ1v) is 8.16. The normalized spacial score (nSPS) is 13.4. The Bertz CT molecular complexity index is 914. The van der Waals surface area contributed by atoms with Gasteiger partial charge >= 0.3 is 0 Å². The van der Waals surface area contributed by atoms with E-state index in [-0.39, 0.29) is 6.79 Å². The van der Waals surface area contributed by atoms with Gasteiger partial charge in [-0.25, -0.2) is 0 Å². The van der Waals surface area contributed by atoms with Gasteiger partial charge in [-0.15, -0.1) is 0 Å². The third kappa shape index (κ3) is 2.88. The molecule has 2 aromatic carbocycles. The highest BCUT2D eigenvalue weighted by Gasteiger charge is 2.17. The van der Waals surface area contributed by atoms with Crippen molar-refractivity contribution in [3.8, 4) is 11.5 Å². The predicted molar refractivity (Wildman–Crippen MR) is 92.8 cm³/mol. The van der Waals surface area contributed by atoms with E-state index in [9.17, 15) is 0 Å². The average Bonchev–Trinajstić information content (AvgIpc) is 2.61. The Balaban J connectivity index is 1.67. The summed E-state index contributed by atoms with van der Waals surface area (Å²) in [6.07, 6.45) is 1.72. The second kappa shape index (κ2) is 6.48. The molecule has 4 rings (SSSR count). The molecule has 0 fully saturated rings. The maximum Gasteiger partial charge on any atom is 0.189 e. The van der Waals surface area contributed by atoms with E-state index < -0.39 is 0 Å². The monoisotopic (exact) mass is 361 g/mol. The summed E-state index contributed by atoms with van der Waals surface area (Å²) < 4.78 is 16.9. The van der Waals surface area contributed by atoms with E-state index in [1.54, 1.807) is 12.3 Å². The van der Waals surface area contributed by atoms with Gasteiger partial charge in [-0.05, 0) is 36.4 Å². The molecule has 0 spiro atoms. The molecule has 0 saturated carbocycles. The van der Waals surface area contributed by atoms with E-state index in [0.717, 1.165) is 27.8 Å². The van der Waals surface area contributed by atoms with Crippen LogP contribution in [0.3, 0.4) is 0 Å². The van der Waals surface area contributed by atoms with Crippen LogP contribution < -0.4 is 9.47 Å². The van der Waals surface area contributed by atoms with Gasteiger partial charge in [0.1, 0.15) is 23.6 Å². The minimum Gasteiger partial charge on any atom is -0.486 e. The van der Waals surface area contributed by atoms with E-state index in [1.807, 2.05) is 30.3 Å². The van der Waals surface area contributed by atoms with Gasteiger partial charge in [0.15, 0.2) is 6.79 Å². The number of pyridine rings is 1. The number of ether oxygens (including phenoxy) is 3. The van der Waals surface area contributed by atoms with Crippen molar-refractivity contribution in [2.24, 2.45) is 0 Å². The van der Waals surface area contributed by atoms with Crippen LogP contribution in [-0.2, 0) is 18.0 Å². The quantitative estimate of drug-likeness (QED) is 0.658. The summed E-state index contributed by atoms with van der Waals surface area (Å²) in [7, 11) is 0. The molecule has 0 unspecified atom stereocenters. The van der Waals surface area contributed by atoms with Crippen LogP contribution >= 0.6 is 23.2 Å². The van der Waals surface area contributed by atoms with Crippen LogP contribution in [0.5, 0.6) is 11.5 Å². The minimum atomic E-state index is 0.229. The minimum absolute atomic E-state index is 0.229. The third-order valence-corrected chi connectivity index (χ3v) is 4.36. The third-order valence-electron chi connectivity index (χ3n) is 3.81. The lowest BCUT2D eigenvalue weighted by Crippen LogP contribution is -2.14. The fourth-order valence-corrected chi connectivity index (χ4v) is 3.23. The largest absolute Gasteiger partial charge is 0.486 e. The number of benzene rings is 2. The molecular formula is C18H13Cl2NO3. The lowest BCUT2D eigenvalue weighted by molar-refractivity contribution is -0.0175. The number of halogens is 2. The number of hydrogen-bond acceptors (Lipinski definition) is 4. The topological polar surface area (TPSA) is 40.6 Å². The SMILES string of the molecule is Clc1cc2c(c(COc3ccc(Cl)c4cccnc34)c1)OCOC2. The van der Waals surface area contributed by atoms with Gasteiger partial charge in [0.05, 0.1) is 11.6 Å². The Morgan fingerprint density at radius 3 is 3.00 bits per heavy atom. The number of nitrogens with zero attached hydrogens (tertiary/aromatic N) is 1. The smallest absolute Gasteiger partial charge is 0.189 e. The Labute approximate surface area is 148 Å². The fraction of sp³-hybridized carbons (Fsp3) is 0.167. The Kier molecular flexibility index (Phi) is 4.19. The van der Waals surface area contributed by atoms with Gasteiger partial charge in [-0.3, -0.25) is 4.98 Å². The van der Waals surface area contributed by atoms with E-state index in [4.69, 9.17) is 37.4 Å². The summed E-state index contributed by atoms with van der Waals surface area (Å²) in [5.41, 5.74) is 2.52. The standard InChI is InChI=1S/C18H13Cl2NO3/c19-13-6-11-8-22-10-24-18(11)12(7-13)9-23-16-4-3-15(20)14-2-1-5-21-17(14)16/h1-7H,8-10H2. The summed E-state index contributed by atoms with van der Waals surface area (Å²) in [6, 6.07) is 11.1. The molecular weight excluding hydrogens is 349 g/mol.